The maximum atomic E-state index is 12.3. The molecule has 0 spiro atoms. The van der Waals surface area contributed by atoms with Crippen LogP contribution < -0.4 is 15.8 Å². The number of hydrogen-bond donors (Lipinski definition) is 3. The first-order valence-electron chi connectivity index (χ1n) is 9.57. The van der Waals surface area contributed by atoms with E-state index in [1.807, 2.05) is 37.0 Å². The van der Waals surface area contributed by atoms with Crippen LogP contribution in [0, 0.1) is 27.7 Å². The largest absolute Gasteiger partial charge is 0.382 e. The van der Waals surface area contributed by atoms with Crippen molar-refractivity contribution in [3.05, 3.63) is 46.9 Å². The molecule has 160 valence electrons. The molecule has 0 aliphatic heterocycles. The van der Waals surface area contributed by atoms with Gasteiger partial charge < -0.3 is 15.6 Å². The molecule has 0 bridgehead atoms. The minimum Gasteiger partial charge on any atom is -0.382 e. The van der Waals surface area contributed by atoms with Gasteiger partial charge in [0.25, 0.3) is 10.0 Å². The number of amides is 2. The Balaban J connectivity index is 1.61. The summed E-state index contributed by atoms with van der Waals surface area (Å²) in [5, 5.41) is 2.59. The van der Waals surface area contributed by atoms with E-state index in [-0.39, 0.29) is 4.90 Å². The molecule has 0 aliphatic rings. The molecular formula is C20H26N6O3S. The molecule has 10 heteroatoms. The number of nitrogen functional groups attached to an aromatic ring is 1. The van der Waals surface area contributed by atoms with E-state index >= 15 is 0 Å². The van der Waals surface area contributed by atoms with Gasteiger partial charge in [0.05, 0.1) is 10.4 Å². The Morgan fingerprint density at radius 3 is 2.43 bits per heavy atom. The summed E-state index contributed by atoms with van der Waals surface area (Å²) in [5.41, 5.74) is 10.4. The number of urea groups is 1. The Hall–Kier alpha value is -3.14. The number of pyridine rings is 1. The SMILES string of the molecule is Cc1ccc(S(=O)(=O)NC(=O)NCCCn2c(C)nc3c(N)nc(C)c(C)c32)cc1. The van der Waals surface area contributed by atoms with Gasteiger partial charge in [-0.2, -0.15) is 0 Å². The zero-order valence-corrected chi connectivity index (χ0v) is 18.3. The van der Waals surface area contributed by atoms with Crippen LogP contribution in [-0.2, 0) is 16.6 Å². The van der Waals surface area contributed by atoms with Gasteiger partial charge in [0, 0.05) is 18.8 Å². The third-order valence-electron chi connectivity index (χ3n) is 4.99. The quantitative estimate of drug-likeness (QED) is 0.514. The van der Waals surface area contributed by atoms with Crippen molar-refractivity contribution < 1.29 is 13.2 Å². The van der Waals surface area contributed by atoms with Crippen molar-refractivity contribution in [3.8, 4) is 0 Å². The summed E-state index contributed by atoms with van der Waals surface area (Å²) in [6.07, 6.45) is 0.588. The van der Waals surface area contributed by atoms with Crippen LogP contribution in [0.25, 0.3) is 11.0 Å². The van der Waals surface area contributed by atoms with Gasteiger partial charge in [-0.3, -0.25) is 0 Å². The van der Waals surface area contributed by atoms with Gasteiger partial charge in [0.1, 0.15) is 11.3 Å². The molecule has 0 saturated heterocycles. The van der Waals surface area contributed by atoms with Crippen LogP contribution in [0.15, 0.2) is 29.2 Å². The molecule has 9 nitrogen and oxygen atoms in total. The number of rotatable bonds is 6. The third kappa shape index (κ3) is 4.38. The van der Waals surface area contributed by atoms with E-state index in [2.05, 4.69) is 15.3 Å². The van der Waals surface area contributed by atoms with Crippen molar-refractivity contribution >= 4 is 32.9 Å². The lowest BCUT2D eigenvalue weighted by Crippen LogP contribution is -2.39. The number of fused-ring (bicyclic) bond motifs is 1. The highest BCUT2D eigenvalue weighted by molar-refractivity contribution is 7.90. The van der Waals surface area contributed by atoms with Gasteiger partial charge in [0.15, 0.2) is 5.82 Å². The van der Waals surface area contributed by atoms with Gasteiger partial charge in [-0.05, 0) is 51.8 Å². The van der Waals surface area contributed by atoms with Crippen molar-refractivity contribution in [2.45, 2.75) is 45.6 Å². The summed E-state index contributed by atoms with van der Waals surface area (Å²) in [6, 6.07) is 5.51. The van der Waals surface area contributed by atoms with Crippen LogP contribution in [-0.4, -0.2) is 35.5 Å². The number of carbonyl (C=O) groups is 1. The van der Waals surface area contributed by atoms with E-state index in [1.54, 1.807) is 12.1 Å². The summed E-state index contributed by atoms with van der Waals surface area (Å²) in [5.74, 6) is 1.20. The van der Waals surface area contributed by atoms with E-state index in [0.29, 0.717) is 30.8 Å². The van der Waals surface area contributed by atoms with Crippen molar-refractivity contribution in [3.63, 3.8) is 0 Å². The molecule has 30 heavy (non-hydrogen) atoms. The van der Waals surface area contributed by atoms with Crippen LogP contribution >= 0.6 is 0 Å². The number of sulfonamides is 1. The predicted octanol–water partition coefficient (Wildman–Crippen LogP) is 2.33. The van der Waals surface area contributed by atoms with E-state index in [4.69, 9.17) is 5.73 Å². The fourth-order valence-electron chi connectivity index (χ4n) is 3.26. The first-order chi connectivity index (χ1) is 14.1. The monoisotopic (exact) mass is 430 g/mol. The second kappa shape index (κ2) is 8.31. The maximum absolute atomic E-state index is 12.3. The van der Waals surface area contributed by atoms with Crippen molar-refractivity contribution in [2.75, 3.05) is 12.3 Å². The molecule has 1 aromatic carbocycles. The number of hydrogen-bond acceptors (Lipinski definition) is 6. The number of imidazole rings is 1. The number of nitrogens with one attached hydrogen (secondary N) is 2. The first-order valence-corrected chi connectivity index (χ1v) is 11.1. The molecule has 2 aromatic heterocycles. The topological polar surface area (TPSA) is 132 Å². The molecule has 2 amide bonds. The van der Waals surface area contributed by atoms with Crippen LogP contribution in [0.1, 0.15) is 29.1 Å². The highest BCUT2D eigenvalue weighted by Gasteiger charge is 2.18. The lowest BCUT2D eigenvalue weighted by Gasteiger charge is -2.12. The number of benzene rings is 1. The Labute approximate surface area is 175 Å². The Kier molecular flexibility index (Phi) is 5.97. The molecule has 3 aromatic rings. The summed E-state index contributed by atoms with van der Waals surface area (Å²) in [4.78, 5) is 20.9. The average Bonchev–Trinajstić information content (AvgIpc) is 3.00. The second-order valence-electron chi connectivity index (χ2n) is 7.24. The van der Waals surface area contributed by atoms with Gasteiger partial charge in [-0.25, -0.2) is 27.9 Å². The van der Waals surface area contributed by atoms with Crippen molar-refractivity contribution in [1.82, 2.24) is 24.6 Å². The highest BCUT2D eigenvalue weighted by Crippen LogP contribution is 2.25. The first kappa shape index (κ1) is 21.6. The van der Waals surface area contributed by atoms with E-state index in [9.17, 15) is 13.2 Å². The molecule has 0 unspecified atom stereocenters. The molecule has 0 aliphatic carbocycles. The maximum Gasteiger partial charge on any atom is 0.328 e. The minimum absolute atomic E-state index is 0.0424. The van der Waals surface area contributed by atoms with Crippen LogP contribution in [0.2, 0.25) is 0 Å². The lowest BCUT2D eigenvalue weighted by molar-refractivity contribution is 0.245. The van der Waals surface area contributed by atoms with Crippen LogP contribution in [0.5, 0.6) is 0 Å². The van der Waals surface area contributed by atoms with Gasteiger partial charge in [-0.15, -0.1) is 0 Å². The molecular weight excluding hydrogens is 404 g/mol. The molecule has 0 fully saturated rings. The van der Waals surface area contributed by atoms with E-state index in [0.717, 1.165) is 28.2 Å². The molecule has 3 rings (SSSR count). The number of aromatic nitrogens is 3. The van der Waals surface area contributed by atoms with Gasteiger partial charge >= 0.3 is 6.03 Å². The van der Waals surface area contributed by atoms with Crippen molar-refractivity contribution in [1.29, 1.82) is 0 Å². The normalized spacial score (nSPS) is 11.6. The molecule has 0 saturated carbocycles. The predicted molar refractivity (Wildman–Crippen MR) is 116 cm³/mol. The fourth-order valence-corrected chi connectivity index (χ4v) is 4.19. The second-order valence-corrected chi connectivity index (χ2v) is 8.93. The van der Waals surface area contributed by atoms with Crippen LogP contribution in [0.3, 0.4) is 0 Å². The Bertz CT molecular complexity index is 1200. The summed E-state index contributed by atoms with van der Waals surface area (Å²) >= 11 is 0. The zero-order valence-electron chi connectivity index (χ0n) is 17.5. The number of aryl methyl sites for hydroxylation is 5. The summed E-state index contributed by atoms with van der Waals surface area (Å²) < 4.78 is 28.6. The van der Waals surface area contributed by atoms with Crippen LogP contribution in [0.4, 0.5) is 10.6 Å². The molecule has 0 radical (unpaired) electrons. The fraction of sp³-hybridized carbons (Fsp3) is 0.350. The number of nitrogens with two attached hydrogens (primary N) is 1. The lowest BCUT2D eigenvalue weighted by atomic mass is 10.2. The smallest absolute Gasteiger partial charge is 0.328 e. The number of carbonyl (C=O) groups excluding carboxylic acids is 1. The number of nitrogens with zero attached hydrogens (tertiary/aromatic N) is 3. The standard InChI is InChI=1S/C20H26N6O3S/c1-12-6-8-16(9-7-12)30(28,29)25-20(27)22-10-5-11-26-15(4)24-17-18(26)13(2)14(3)23-19(17)21/h6-9H,5,10-11H2,1-4H3,(H2,21,23)(H2,22,25,27). The summed E-state index contributed by atoms with van der Waals surface area (Å²) in [7, 11) is -3.91. The average molecular weight is 431 g/mol. The summed E-state index contributed by atoms with van der Waals surface area (Å²) in [6.45, 7) is 8.52. The Morgan fingerprint density at radius 1 is 1.10 bits per heavy atom. The molecule has 4 N–H and O–H groups in total. The molecule has 2 heterocycles. The number of anilines is 1. The van der Waals surface area contributed by atoms with E-state index in [1.165, 1.54) is 12.1 Å². The zero-order chi connectivity index (χ0) is 22.1. The van der Waals surface area contributed by atoms with Gasteiger partial charge in [0.2, 0.25) is 0 Å². The van der Waals surface area contributed by atoms with E-state index < -0.39 is 16.1 Å². The molecule has 0 atom stereocenters. The van der Waals surface area contributed by atoms with Gasteiger partial charge in [-0.1, -0.05) is 17.7 Å². The highest BCUT2D eigenvalue weighted by atomic mass is 32.2. The third-order valence-corrected chi connectivity index (χ3v) is 6.34. The van der Waals surface area contributed by atoms with Crippen molar-refractivity contribution in [2.24, 2.45) is 0 Å². The minimum atomic E-state index is -3.91. The Morgan fingerprint density at radius 2 is 1.77 bits per heavy atom.